The Morgan fingerprint density at radius 2 is 1.84 bits per heavy atom. The van der Waals surface area contributed by atoms with E-state index in [9.17, 15) is 23.9 Å². The van der Waals surface area contributed by atoms with E-state index in [0.717, 1.165) is 12.0 Å². The summed E-state index contributed by atoms with van der Waals surface area (Å²) in [6.45, 7) is 2.28. The molecule has 166 valence electrons. The van der Waals surface area contributed by atoms with Crippen molar-refractivity contribution in [3.8, 4) is 5.75 Å². The SMILES string of the molecule is CCCCN1C(=O)[C@@H]2[C@H](Cc3ccc(O)cc3)N[C@]3(C(=O)Nc4ccc(F)cc43)[C@H]2C1=O. The Labute approximate surface area is 184 Å². The predicted octanol–water partition coefficient (Wildman–Crippen LogP) is 2.29. The average molecular weight is 437 g/mol. The fraction of sp³-hybridized carbons (Fsp3) is 0.375. The van der Waals surface area contributed by atoms with E-state index in [2.05, 4.69) is 10.6 Å². The van der Waals surface area contributed by atoms with Crippen LogP contribution in [0.5, 0.6) is 5.75 Å². The maximum atomic E-state index is 14.2. The number of likely N-dealkylation sites (tertiary alicyclic amines) is 1. The number of benzene rings is 2. The Bertz CT molecular complexity index is 1120. The van der Waals surface area contributed by atoms with Gasteiger partial charge in [-0.3, -0.25) is 24.6 Å². The molecule has 7 nitrogen and oxygen atoms in total. The molecule has 32 heavy (non-hydrogen) atoms. The normalized spacial score (nSPS) is 28.4. The third-order valence-electron chi connectivity index (χ3n) is 6.90. The molecule has 2 aromatic rings. The molecule has 3 aliphatic rings. The Balaban J connectivity index is 1.61. The minimum Gasteiger partial charge on any atom is -0.508 e. The van der Waals surface area contributed by atoms with Gasteiger partial charge in [0.05, 0.1) is 11.8 Å². The predicted molar refractivity (Wildman–Crippen MR) is 114 cm³/mol. The number of phenols is 1. The molecule has 0 radical (unpaired) electrons. The summed E-state index contributed by atoms with van der Waals surface area (Å²) in [5, 5.41) is 15.7. The molecule has 0 saturated carbocycles. The van der Waals surface area contributed by atoms with Crippen molar-refractivity contribution in [1.82, 2.24) is 10.2 Å². The van der Waals surface area contributed by atoms with Gasteiger partial charge in [-0.2, -0.15) is 0 Å². The van der Waals surface area contributed by atoms with Crippen LogP contribution in [0.4, 0.5) is 10.1 Å². The van der Waals surface area contributed by atoms with Crippen LogP contribution in [0.15, 0.2) is 42.5 Å². The van der Waals surface area contributed by atoms with E-state index in [-0.39, 0.29) is 17.6 Å². The number of amides is 3. The standard InChI is InChI=1S/C24H24FN3O4/c1-2-3-10-28-21(30)19-18(11-13-4-7-15(29)8-5-13)27-24(20(19)22(28)31)16-12-14(25)6-9-17(16)26-23(24)32/h4-9,12,18-20,27,29H,2-3,10-11H2,1H3,(H,26,32)/t18-,19+,20+,24-/m0/s1. The summed E-state index contributed by atoms with van der Waals surface area (Å²) in [6.07, 6.45) is 1.88. The van der Waals surface area contributed by atoms with Crippen LogP contribution in [0.25, 0.3) is 0 Å². The molecule has 0 aliphatic carbocycles. The maximum Gasteiger partial charge on any atom is 0.250 e. The number of rotatable bonds is 5. The number of hydrogen-bond acceptors (Lipinski definition) is 5. The summed E-state index contributed by atoms with van der Waals surface area (Å²) < 4.78 is 14.2. The number of carbonyl (C=O) groups is 3. The molecule has 1 spiro atoms. The Morgan fingerprint density at radius 1 is 1.09 bits per heavy atom. The first-order chi connectivity index (χ1) is 15.4. The van der Waals surface area contributed by atoms with E-state index in [0.29, 0.717) is 30.6 Å². The molecule has 5 rings (SSSR count). The highest BCUT2D eigenvalue weighted by Gasteiger charge is 2.70. The minimum absolute atomic E-state index is 0.125. The van der Waals surface area contributed by atoms with Gasteiger partial charge in [-0.05, 0) is 48.7 Å². The molecule has 2 aromatic carbocycles. The number of halogens is 1. The van der Waals surface area contributed by atoms with Crippen LogP contribution in [0.1, 0.15) is 30.9 Å². The molecule has 2 saturated heterocycles. The maximum absolute atomic E-state index is 14.2. The van der Waals surface area contributed by atoms with E-state index in [1.54, 1.807) is 24.3 Å². The number of nitrogens with zero attached hydrogens (tertiary/aromatic N) is 1. The van der Waals surface area contributed by atoms with Crippen LogP contribution >= 0.6 is 0 Å². The zero-order valence-electron chi connectivity index (χ0n) is 17.6. The van der Waals surface area contributed by atoms with E-state index in [1.807, 2.05) is 6.92 Å². The summed E-state index contributed by atoms with van der Waals surface area (Å²) in [4.78, 5) is 41.5. The van der Waals surface area contributed by atoms with Crippen LogP contribution in [0.2, 0.25) is 0 Å². The number of carbonyl (C=O) groups excluding carboxylic acids is 3. The Morgan fingerprint density at radius 3 is 2.56 bits per heavy atom. The molecule has 0 bridgehead atoms. The Kier molecular flexibility index (Phi) is 4.78. The molecule has 3 N–H and O–H groups in total. The highest BCUT2D eigenvalue weighted by molar-refractivity contribution is 6.15. The van der Waals surface area contributed by atoms with Crippen molar-refractivity contribution in [1.29, 1.82) is 0 Å². The fourth-order valence-corrected chi connectivity index (χ4v) is 5.43. The van der Waals surface area contributed by atoms with Gasteiger partial charge in [0.2, 0.25) is 17.7 Å². The largest absolute Gasteiger partial charge is 0.508 e. The van der Waals surface area contributed by atoms with Crippen LogP contribution in [0.3, 0.4) is 0 Å². The number of fused-ring (bicyclic) bond motifs is 4. The molecular formula is C24H24FN3O4. The molecule has 0 unspecified atom stereocenters. The second kappa shape index (κ2) is 7.41. The highest BCUT2D eigenvalue weighted by Crippen LogP contribution is 2.53. The second-order valence-electron chi connectivity index (χ2n) is 8.76. The average Bonchev–Trinajstić information content (AvgIpc) is 3.34. The van der Waals surface area contributed by atoms with Gasteiger partial charge in [0.1, 0.15) is 17.1 Å². The quantitative estimate of drug-likeness (QED) is 0.624. The summed E-state index contributed by atoms with van der Waals surface area (Å²) >= 11 is 0. The molecule has 2 fully saturated rings. The zero-order valence-corrected chi connectivity index (χ0v) is 17.6. The van der Waals surface area contributed by atoms with Crippen molar-refractivity contribution < 1.29 is 23.9 Å². The summed E-state index contributed by atoms with van der Waals surface area (Å²) in [6, 6.07) is 10.1. The fourth-order valence-electron chi connectivity index (χ4n) is 5.43. The third-order valence-corrected chi connectivity index (χ3v) is 6.90. The zero-order chi connectivity index (χ0) is 22.6. The third kappa shape index (κ3) is 2.86. The molecule has 3 heterocycles. The smallest absolute Gasteiger partial charge is 0.250 e. The van der Waals surface area contributed by atoms with E-state index in [1.165, 1.54) is 23.1 Å². The Hall–Kier alpha value is -3.26. The van der Waals surface area contributed by atoms with Gasteiger partial charge in [-0.25, -0.2) is 4.39 Å². The molecule has 4 atom stereocenters. The number of aromatic hydroxyl groups is 1. The van der Waals surface area contributed by atoms with Gasteiger partial charge >= 0.3 is 0 Å². The van der Waals surface area contributed by atoms with Gasteiger partial charge in [0.25, 0.3) is 0 Å². The number of nitrogens with one attached hydrogen (secondary N) is 2. The van der Waals surface area contributed by atoms with Crippen molar-refractivity contribution in [2.75, 3.05) is 11.9 Å². The van der Waals surface area contributed by atoms with Crippen molar-refractivity contribution in [2.24, 2.45) is 11.8 Å². The van der Waals surface area contributed by atoms with Crippen molar-refractivity contribution in [2.45, 2.75) is 37.8 Å². The van der Waals surface area contributed by atoms with Crippen LogP contribution in [-0.2, 0) is 26.3 Å². The van der Waals surface area contributed by atoms with Gasteiger partial charge in [-0.1, -0.05) is 25.5 Å². The number of hydrogen-bond donors (Lipinski definition) is 3. The summed E-state index contributed by atoms with van der Waals surface area (Å²) in [7, 11) is 0. The highest BCUT2D eigenvalue weighted by atomic mass is 19.1. The molecule has 8 heteroatoms. The van der Waals surface area contributed by atoms with E-state index < -0.39 is 35.1 Å². The van der Waals surface area contributed by atoms with Gasteiger partial charge in [-0.15, -0.1) is 0 Å². The van der Waals surface area contributed by atoms with Crippen molar-refractivity contribution >= 4 is 23.4 Å². The lowest BCUT2D eigenvalue weighted by Gasteiger charge is -2.29. The second-order valence-corrected chi connectivity index (χ2v) is 8.76. The van der Waals surface area contributed by atoms with Gasteiger partial charge < -0.3 is 10.4 Å². The monoisotopic (exact) mass is 437 g/mol. The van der Waals surface area contributed by atoms with Crippen molar-refractivity contribution in [3.63, 3.8) is 0 Å². The number of phenolic OH excluding ortho intramolecular Hbond substituents is 1. The number of imide groups is 1. The van der Waals surface area contributed by atoms with Crippen LogP contribution in [-0.4, -0.2) is 40.3 Å². The van der Waals surface area contributed by atoms with Crippen molar-refractivity contribution in [3.05, 3.63) is 59.4 Å². The lowest BCUT2D eigenvalue weighted by Crippen LogP contribution is -2.53. The summed E-state index contributed by atoms with van der Waals surface area (Å²) in [5.41, 5.74) is 0.155. The first-order valence-corrected chi connectivity index (χ1v) is 10.9. The first-order valence-electron chi connectivity index (χ1n) is 10.9. The molecular weight excluding hydrogens is 413 g/mol. The number of unbranched alkanes of at least 4 members (excludes halogenated alkanes) is 1. The minimum atomic E-state index is -1.50. The first kappa shape index (κ1) is 20.6. The van der Waals surface area contributed by atoms with E-state index in [4.69, 9.17) is 0 Å². The molecule has 3 aliphatic heterocycles. The van der Waals surface area contributed by atoms with Gasteiger partial charge in [0, 0.05) is 23.8 Å². The lowest BCUT2D eigenvalue weighted by molar-refractivity contribution is -0.142. The topological polar surface area (TPSA) is 98.7 Å². The molecule has 3 amide bonds. The van der Waals surface area contributed by atoms with Crippen LogP contribution < -0.4 is 10.6 Å². The van der Waals surface area contributed by atoms with Crippen LogP contribution in [0, 0.1) is 17.7 Å². The number of anilines is 1. The summed E-state index contributed by atoms with van der Waals surface area (Å²) in [5.74, 6) is -3.20. The lowest BCUT2D eigenvalue weighted by atomic mass is 9.76. The van der Waals surface area contributed by atoms with Gasteiger partial charge in [0.15, 0.2) is 0 Å². The molecule has 0 aromatic heterocycles. The van der Waals surface area contributed by atoms with E-state index >= 15 is 0 Å².